The Morgan fingerprint density at radius 3 is 2.80 bits per heavy atom. The molecule has 0 aromatic heterocycles. The van der Waals surface area contributed by atoms with E-state index in [2.05, 4.69) is 5.32 Å². The Balaban J connectivity index is 1.85. The Labute approximate surface area is 128 Å². The molecule has 2 aliphatic rings. The number of ether oxygens (including phenoxy) is 1. The maximum atomic E-state index is 12.1. The molecule has 0 saturated carbocycles. The molecular weight excluding hydrogens is 299 g/mol. The molecule has 1 atom stereocenters. The van der Waals surface area contributed by atoms with E-state index < -0.39 is 0 Å². The molecule has 0 spiro atoms. The van der Waals surface area contributed by atoms with Gasteiger partial charge in [-0.25, -0.2) is 4.79 Å². The zero-order chi connectivity index (χ0) is 14.1. The van der Waals surface area contributed by atoms with Crippen LogP contribution in [-0.4, -0.2) is 30.6 Å². The molecule has 3 rings (SSSR count). The molecule has 0 bridgehead atoms. The summed E-state index contributed by atoms with van der Waals surface area (Å²) in [7, 11) is 0. The second kappa shape index (κ2) is 5.70. The highest BCUT2D eigenvalue weighted by molar-refractivity contribution is 6.43. The van der Waals surface area contributed by atoms with Crippen molar-refractivity contribution < 1.29 is 9.53 Å². The van der Waals surface area contributed by atoms with Crippen molar-refractivity contribution in [3.8, 4) is 5.75 Å². The lowest BCUT2D eigenvalue weighted by Crippen LogP contribution is -2.48. The van der Waals surface area contributed by atoms with Crippen molar-refractivity contribution in [2.24, 2.45) is 0 Å². The number of carbonyl (C=O) groups is 1. The Morgan fingerprint density at radius 1 is 1.30 bits per heavy atom. The summed E-state index contributed by atoms with van der Waals surface area (Å²) in [5.41, 5.74) is 0.908. The third kappa shape index (κ3) is 2.54. The number of amides is 2. The fraction of sp³-hybridized carbons (Fsp3) is 0.500. The second-order valence-corrected chi connectivity index (χ2v) is 5.90. The number of likely N-dealkylation sites (tertiary alicyclic amines) is 1. The molecule has 4 nitrogen and oxygen atoms in total. The van der Waals surface area contributed by atoms with Crippen LogP contribution in [-0.2, 0) is 0 Å². The minimum atomic E-state index is -0.0737. The van der Waals surface area contributed by atoms with Crippen LogP contribution in [0.2, 0.25) is 10.0 Å². The first-order chi connectivity index (χ1) is 9.66. The molecule has 6 heteroatoms. The van der Waals surface area contributed by atoms with Crippen molar-refractivity contribution in [2.75, 3.05) is 19.7 Å². The van der Waals surface area contributed by atoms with Gasteiger partial charge in [0.05, 0.1) is 17.7 Å². The van der Waals surface area contributed by atoms with Crippen molar-refractivity contribution in [2.45, 2.75) is 25.3 Å². The molecule has 2 aliphatic heterocycles. The van der Waals surface area contributed by atoms with E-state index in [-0.39, 0.29) is 12.1 Å². The van der Waals surface area contributed by atoms with Gasteiger partial charge in [0.2, 0.25) is 0 Å². The molecule has 108 valence electrons. The molecule has 0 aliphatic carbocycles. The van der Waals surface area contributed by atoms with E-state index in [0.29, 0.717) is 22.4 Å². The van der Waals surface area contributed by atoms with Gasteiger partial charge in [0.25, 0.3) is 0 Å². The van der Waals surface area contributed by atoms with Gasteiger partial charge in [-0.1, -0.05) is 29.3 Å². The molecule has 1 saturated heterocycles. The third-order valence-corrected chi connectivity index (χ3v) is 4.57. The molecule has 0 radical (unpaired) electrons. The number of benzene rings is 1. The molecule has 2 amide bonds. The van der Waals surface area contributed by atoms with E-state index in [1.807, 2.05) is 11.0 Å². The summed E-state index contributed by atoms with van der Waals surface area (Å²) < 4.78 is 5.69. The number of carbonyl (C=O) groups excluding carboxylic acids is 1. The van der Waals surface area contributed by atoms with Gasteiger partial charge >= 0.3 is 6.03 Å². The highest BCUT2D eigenvalue weighted by Gasteiger charge is 2.27. The lowest BCUT2D eigenvalue weighted by atomic mass is 10.0. The van der Waals surface area contributed by atoms with Gasteiger partial charge in [0.15, 0.2) is 0 Å². The second-order valence-electron chi connectivity index (χ2n) is 5.11. The van der Waals surface area contributed by atoms with Crippen LogP contribution in [0.3, 0.4) is 0 Å². The molecule has 1 aromatic carbocycles. The minimum absolute atomic E-state index is 0.0137. The average molecular weight is 315 g/mol. The first-order valence-corrected chi connectivity index (χ1v) is 7.58. The summed E-state index contributed by atoms with van der Waals surface area (Å²) in [6, 6.07) is 3.55. The van der Waals surface area contributed by atoms with Crippen LogP contribution in [0, 0.1) is 0 Å². The molecule has 1 N–H and O–H groups in total. The number of urea groups is 1. The Kier molecular flexibility index (Phi) is 3.94. The average Bonchev–Trinajstić information content (AvgIpc) is 2.55. The van der Waals surface area contributed by atoms with E-state index in [1.165, 1.54) is 0 Å². The Hall–Kier alpha value is -1.13. The predicted molar refractivity (Wildman–Crippen MR) is 78.7 cm³/mol. The quantitative estimate of drug-likeness (QED) is 0.860. The zero-order valence-corrected chi connectivity index (χ0v) is 12.5. The standard InChI is InChI=1S/C14H16Cl2N2O2/c15-10-5-4-9-11(17-14(19)18-6-2-7-18)3-1-8-20-13(9)12(10)16/h4-5,11H,1-3,6-8H2,(H,17,19)/t11-/m1/s1. The molecule has 20 heavy (non-hydrogen) atoms. The van der Waals surface area contributed by atoms with Gasteiger partial charge in [-0.05, 0) is 25.3 Å². The van der Waals surface area contributed by atoms with Crippen molar-refractivity contribution in [3.05, 3.63) is 27.7 Å². The summed E-state index contributed by atoms with van der Waals surface area (Å²) in [6.45, 7) is 2.26. The molecule has 1 fully saturated rings. The lowest BCUT2D eigenvalue weighted by molar-refractivity contribution is 0.163. The topological polar surface area (TPSA) is 41.6 Å². The number of hydrogen-bond donors (Lipinski definition) is 1. The van der Waals surface area contributed by atoms with Crippen LogP contribution in [0.5, 0.6) is 5.75 Å². The number of nitrogens with zero attached hydrogens (tertiary/aromatic N) is 1. The largest absolute Gasteiger partial charge is 0.492 e. The van der Waals surface area contributed by atoms with Gasteiger partial charge in [0.1, 0.15) is 10.8 Å². The highest BCUT2D eigenvalue weighted by atomic mass is 35.5. The van der Waals surface area contributed by atoms with Crippen LogP contribution in [0.15, 0.2) is 12.1 Å². The number of nitrogens with one attached hydrogen (secondary N) is 1. The summed E-state index contributed by atoms with van der Waals surface area (Å²) in [5, 5.41) is 3.97. The molecular formula is C14H16Cl2N2O2. The normalized spacial score (nSPS) is 21.3. The van der Waals surface area contributed by atoms with E-state index in [1.54, 1.807) is 6.07 Å². The number of halogens is 2. The van der Waals surface area contributed by atoms with Crippen LogP contribution >= 0.6 is 23.2 Å². The lowest BCUT2D eigenvalue weighted by Gasteiger charge is -2.32. The maximum absolute atomic E-state index is 12.1. The van der Waals surface area contributed by atoms with Gasteiger partial charge in [-0.3, -0.25) is 0 Å². The van der Waals surface area contributed by atoms with E-state index in [9.17, 15) is 4.79 Å². The van der Waals surface area contributed by atoms with Gasteiger partial charge < -0.3 is 15.0 Å². The van der Waals surface area contributed by atoms with Crippen molar-refractivity contribution in [1.29, 1.82) is 0 Å². The minimum Gasteiger partial charge on any atom is -0.492 e. The third-order valence-electron chi connectivity index (χ3n) is 3.78. The fourth-order valence-electron chi connectivity index (χ4n) is 2.49. The van der Waals surface area contributed by atoms with Crippen molar-refractivity contribution >= 4 is 29.2 Å². The maximum Gasteiger partial charge on any atom is 0.317 e. The smallest absolute Gasteiger partial charge is 0.317 e. The monoisotopic (exact) mass is 314 g/mol. The SMILES string of the molecule is O=C(N[C@@H]1CCCOc2c1ccc(Cl)c2Cl)N1CCC1. The van der Waals surface area contributed by atoms with Crippen LogP contribution in [0.1, 0.15) is 30.9 Å². The summed E-state index contributed by atoms with van der Waals surface area (Å²) in [5.74, 6) is 0.602. The van der Waals surface area contributed by atoms with Crippen molar-refractivity contribution in [3.63, 3.8) is 0 Å². The van der Waals surface area contributed by atoms with E-state index >= 15 is 0 Å². The van der Waals surface area contributed by atoms with Gasteiger partial charge in [-0.2, -0.15) is 0 Å². The summed E-state index contributed by atoms with van der Waals surface area (Å²) in [6.07, 6.45) is 2.79. The number of rotatable bonds is 1. The molecule has 1 aromatic rings. The van der Waals surface area contributed by atoms with Gasteiger partial charge in [-0.15, -0.1) is 0 Å². The Bertz CT molecular complexity index is 532. The molecule has 2 heterocycles. The predicted octanol–water partition coefficient (Wildman–Crippen LogP) is 3.62. The highest BCUT2D eigenvalue weighted by Crippen LogP contribution is 2.40. The van der Waals surface area contributed by atoms with Crippen LogP contribution in [0.4, 0.5) is 4.79 Å². The van der Waals surface area contributed by atoms with Crippen LogP contribution in [0.25, 0.3) is 0 Å². The van der Waals surface area contributed by atoms with E-state index in [4.69, 9.17) is 27.9 Å². The summed E-state index contributed by atoms with van der Waals surface area (Å²) in [4.78, 5) is 13.9. The number of fused-ring (bicyclic) bond motifs is 1. The van der Waals surface area contributed by atoms with Gasteiger partial charge in [0, 0.05) is 18.7 Å². The molecule has 0 unspecified atom stereocenters. The van der Waals surface area contributed by atoms with Crippen molar-refractivity contribution in [1.82, 2.24) is 10.2 Å². The Morgan fingerprint density at radius 2 is 2.10 bits per heavy atom. The zero-order valence-electron chi connectivity index (χ0n) is 11.0. The van der Waals surface area contributed by atoms with E-state index in [0.717, 1.165) is 37.9 Å². The van der Waals surface area contributed by atoms with Crippen LogP contribution < -0.4 is 10.1 Å². The summed E-state index contributed by atoms with van der Waals surface area (Å²) >= 11 is 12.2. The first kappa shape index (κ1) is 13.8. The number of hydrogen-bond acceptors (Lipinski definition) is 2. The fourth-order valence-corrected chi connectivity index (χ4v) is 2.87. The first-order valence-electron chi connectivity index (χ1n) is 6.83.